The van der Waals surface area contributed by atoms with Crippen LogP contribution in [0.5, 0.6) is 0 Å². The van der Waals surface area contributed by atoms with Gasteiger partial charge in [-0.2, -0.15) is 12.6 Å². The van der Waals surface area contributed by atoms with Crippen molar-refractivity contribution in [3.8, 4) is 0 Å². The Balaban J connectivity index is 2.30. The van der Waals surface area contributed by atoms with Crippen LogP contribution in [-0.4, -0.2) is 24.2 Å². The first-order valence-corrected chi connectivity index (χ1v) is 6.20. The number of fused-ring (bicyclic) bond motifs is 1. The zero-order chi connectivity index (χ0) is 11.4. The van der Waals surface area contributed by atoms with Crippen LogP contribution >= 0.6 is 12.6 Å². The Kier molecular flexibility index (Phi) is 3.86. The maximum absolute atomic E-state index is 4.26. The summed E-state index contributed by atoms with van der Waals surface area (Å²) in [6.45, 7) is 2.01. The lowest BCUT2D eigenvalue weighted by Gasteiger charge is -2.16. The summed E-state index contributed by atoms with van der Waals surface area (Å²) < 4.78 is 0. The molecule has 0 atom stereocenters. The molecule has 0 radical (unpaired) electrons. The van der Waals surface area contributed by atoms with Gasteiger partial charge in [-0.3, -0.25) is 0 Å². The molecule has 0 spiro atoms. The molecule has 0 aliphatic heterocycles. The van der Waals surface area contributed by atoms with Crippen molar-refractivity contribution in [1.82, 2.24) is 4.90 Å². The summed E-state index contributed by atoms with van der Waals surface area (Å²) in [5.74, 6) is 0.904. The topological polar surface area (TPSA) is 3.24 Å². The minimum absolute atomic E-state index is 0.904. The van der Waals surface area contributed by atoms with E-state index in [0.29, 0.717) is 0 Å². The van der Waals surface area contributed by atoms with Gasteiger partial charge in [-0.05, 0) is 23.4 Å². The molecule has 1 nitrogen and oxygen atoms in total. The molecule has 0 N–H and O–H groups in total. The van der Waals surface area contributed by atoms with Crippen molar-refractivity contribution >= 4 is 23.4 Å². The van der Waals surface area contributed by atoms with Crippen LogP contribution in [0, 0.1) is 0 Å². The number of hydrogen-bond donors (Lipinski definition) is 1. The summed E-state index contributed by atoms with van der Waals surface area (Å²) >= 11 is 4.26. The quantitative estimate of drug-likeness (QED) is 0.791. The molecule has 2 aromatic rings. The van der Waals surface area contributed by atoms with Gasteiger partial charge in [-0.1, -0.05) is 42.5 Å². The SMILES string of the molecule is CN(CCS)Cc1cccc2ccccc12. The van der Waals surface area contributed by atoms with Crippen molar-refractivity contribution in [3.05, 3.63) is 48.0 Å². The van der Waals surface area contributed by atoms with Crippen molar-refractivity contribution in [2.45, 2.75) is 6.54 Å². The lowest BCUT2D eigenvalue weighted by Crippen LogP contribution is -2.20. The highest BCUT2D eigenvalue weighted by molar-refractivity contribution is 7.80. The summed E-state index contributed by atoms with van der Waals surface area (Å²) in [6, 6.07) is 15.0. The predicted octanol–water partition coefficient (Wildman–Crippen LogP) is 3.20. The van der Waals surface area contributed by atoms with Gasteiger partial charge in [0.25, 0.3) is 0 Å². The third-order valence-electron chi connectivity index (χ3n) is 2.80. The number of rotatable bonds is 4. The summed E-state index contributed by atoms with van der Waals surface area (Å²) in [5.41, 5.74) is 1.39. The maximum Gasteiger partial charge on any atom is 0.0237 e. The molecular formula is C14H17NS. The molecule has 0 fully saturated rings. The van der Waals surface area contributed by atoms with Crippen LogP contribution in [0.4, 0.5) is 0 Å². The van der Waals surface area contributed by atoms with Gasteiger partial charge in [0, 0.05) is 18.8 Å². The molecule has 0 bridgehead atoms. The molecule has 0 unspecified atom stereocenters. The van der Waals surface area contributed by atoms with Crippen LogP contribution < -0.4 is 0 Å². The van der Waals surface area contributed by atoms with E-state index in [4.69, 9.17) is 0 Å². The zero-order valence-corrected chi connectivity index (χ0v) is 10.5. The summed E-state index contributed by atoms with van der Waals surface area (Å²) in [5, 5.41) is 2.68. The van der Waals surface area contributed by atoms with Crippen LogP contribution in [0.25, 0.3) is 10.8 Å². The molecule has 0 aliphatic rings. The standard InChI is InChI=1S/C14H17NS/c1-15(9-10-16)11-13-7-4-6-12-5-2-3-8-14(12)13/h2-8,16H,9-11H2,1H3. The Bertz CT molecular complexity index is 462. The van der Waals surface area contributed by atoms with E-state index in [-0.39, 0.29) is 0 Å². The van der Waals surface area contributed by atoms with Crippen molar-refractivity contribution in [1.29, 1.82) is 0 Å². The highest BCUT2D eigenvalue weighted by Gasteiger charge is 2.03. The summed E-state index contributed by atoms with van der Waals surface area (Å²) in [7, 11) is 2.14. The first kappa shape index (κ1) is 11.5. The molecule has 0 aromatic heterocycles. The smallest absolute Gasteiger partial charge is 0.0237 e. The van der Waals surface area contributed by atoms with Gasteiger partial charge in [0.2, 0.25) is 0 Å². The molecule has 0 heterocycles. The van der Waals surface area contributed by atoms with Crippen molar-refractivity contribution in [3.63, 3.8) is 0 Å². The Hall–Kier alpha value is -0.990. The van der Waals surface area contributed by atoms with Gasteiger partial charge in [0.15, 0.2) is 0 Å². The largest absolute Gasteiger partial charge is 0.301 e. The predicted molar refractivity (Wildman–Crippen MR) is 74.1 cm³/mol. The fourth-order valence-corrected chi connectivity index (χ4v) is 2.31. The van der Waals surface area contributed by atoms with Gasteiger partial charge in [0.05, 0.1) is 0 Å². The number of nitrogens with zero attached hydrogens (tertiary/aromatic N) is 1. The second kappa shape index (κ2) is 5.37. The van der Waals surface area contributed by atoms with E-state index < -0.39 is 0 Å². The van der Waals surface area contributed by atoms with E-state index in [0.717, 1.165) is 18.8 Å². The Morgan fingerprint density at radius 2 is 1.81 bits per heavy atom. The molecule has 0 saturated carbocycles. The van der Waals surface area contributed by atoms with Crippen molar-refractivity contribution < 1.29 is 0 Å². The molecular weight excluding hydrogens is 214 g/mol. The molecule has 84 valence electrons. The zero-order valence-electron chi connectivity index (χ0n) is 9.56. The minimum Gasteiger partial charge on any atom is -0.301 e. The van der Waals surface area contributed by atoms with E-state index in [9.17, 15) is 0 Å². The van der Waals surface area contributed by atoms with Crippen LogP contribution in [0.3, 0.4) is 0 Å². The number of thiol groups is 1. The lowest BCUT2D eigenvalue weighted by molar-refractivity contribution is 0.350. The molecule has 2 aromatic carbocycles. The van der Waals surface area contributed by atoms with Crippen LogP contribution in [0.1, 0.15) is 5.56 Å². The van der Waals surface area contributed by atoms with Crippen LogP contribution in [0.15, 0.2) is 42.5 Å². The molecule has 2 rings (SSSR count). The van der Waals surface area contributed by atoms with Crippen LogP contribution in [-0.2, 0) is 6.54 Å². The van der Waals surface area contributed by atoms with E-state index in [1.807, 2.05) is 0 Å². The van der Waals surface area contributed by atoms with Gasteiger partial charge in [-0.25, -0.2) is 0 Å². The highest BCUT2D eigenvalue weighted by Crippen LogP contribution is 2.19. The average molecular weight is 231 g/mol. The first-order valence-electron chi connectivity index (χ1n) is 5.57. The minimum atomic E-state index is 0.904. The van der Waals surface area contributed by atoms with Crippen molar-refractivity contribution in [2.75, 3.05) is 19.3 Å². The van der Waals surface area contributed by atoms with E-state index in [2.05, 4.69) is 67.0 Å². The van der Waals surface area contributed by atoms with Gasteiger partial charge >= 0.3 is 0 Å². The van der Waals surface area contributed by atoms with Crippen LogP contribution in [0.2, 0.25) is 0 Å². The van der Waals surface area contributed by atoms with E-state index in [1.54, 1.807) is 0 Å². The maximum atomic E-state index is 4.26. The summed E-state index contributed by atoms with van der Waals surface area (Å²) in [6.07, 6.45) is 0. The fraction of sp³-hybridized carbons (Fsp3) is 0.286. The molecule has 0 amide bonds. The number of benzene rings is 2. The van der Waals surface area contributed by atoms with E-state index in [1.165, 1.54) is 16.3 Å². The van der Waals surface area contributed by atoms with Gasteiger partial charge in [-0.15, -0.1) is 0 Å². The first-order chi connectivity index (χ1) is 7.81. The monoisotopic (exact) mass is 231 g/mol. The lowest BCUT2D eigenvalue weighted by atomic mass is 10.0. The van der Waals surface area contributed by atoms with Gasteiger partial charge in [0.1, 0.15) is 0 Å². The fourth-order valence-electron chi connectivity index (χ4n) is 1.97. The Morgan fingerprint density at radius 1 is 1.06 bits per heavy atom. The summed E-state index contributed by atoms with van der Waals surface area (Å²) in [4.78, 5) is 2.30. The molecule has 0 aliphatic carbocycles. The average Bonchev–Trinajstić information content (AvgIpc) is 2.30. The molecule has 16 heavy (non-hydrogen) atoms. The molecule has 2 heteroatoms. The van der Waals surface area contributed by atoms with E-state index >= 15 is 0 Å². The molecule has 0 saturated heterocycles. The normalized spacial score (nSPS) is 11.2. The Labute approximate surface area is 102 Å². The Morgan fingerprint density at radius 3 is 2.62 bits per heavy atom. The number of hydrogen-bond acceptors (Lipinski definition) is 2. The second-order valence-corrected chi connectivity index (χ2v) is 4.55. The van der Waals surface area contributed by atoms with Gasteiger partial charge < -0.3 is 4.90 Å². The van der Waals surface area contributed by atoms with Crippen molar-refractivity contribution in [2.24, 2.45) is 0 Å². The third-order valence-corrected chi connectivity index (χ3v) is 3.00. The third kappa shape index (κ3) is 2.57. The highest BCUT2D eigenvalue weighted by atomic mass is 32.1. The second-order valence-electron chi connectivity index (χ2n) is 4.10.